The van der Waals surface area contributed by atoms with Crippen molar-refractivity contribution in [2.45, 2.75) is 32.6 Å². The van der Waals surface area contributed by atoms with Gasteiger partial charge in [0.05, 0.1) is 0 Å². The predicted octanol–water partition coefficient (Wildman–Crippen LogP) is 2.51. The molecule has 1 amide bonds. The third-order valence-electron chi connectivity index (χ3n) is 3.32. The lowest BCUT2D eigenvalue weighted by atomic mass is 9.96. The number of aromatic nitrogens is 2. The lowest BCUT2D eigenvalue weighted by Crippen LogP contribution is -2.16. The predicted molar refractivity (Wildman–Crippen MR) is 70.1 cm³/mol. The van der Waals surface area contributed by atoms with Crippen LogP contribution in [-0.4, -0.2) is 16.0 Å². The molecule has 0 fully saturated rings. The molecule has 0 unspecified atom stereocenters. The van der Waals surface area contributed by atoms with Gasteiger partial charge in [-0.3, -0.25) is 4.79 Å². The van der Waals surface area contributed by atoms with Crippen LogP contribution >= 0.6 is 0 Å². The number of nitrogens with zero attached hydrogens (tertiary/aromatic N) is 2. The molecule has 1 N–H and O–H groups in total. The lowest BCUT2D eigenvalue weighted by Gasteiger charge is -2.09. The van der Waals surface area contributed by atoms with E-state index in [9.17, 15) is 4.79 Å². The van der Waals surface area contributed by atoms with Crippen molar-refractivity contribution in [3.05, 3.63) is 40.9 Å². The molecule has 5 heteroatoms. The molecule has 19 heavy (non-hydrogen) atoms. The smallest absolute Gasteiger partial charge is 0.279 e. The molecule has 0 atom stereocenters. The van der Waals surface area contributed by atoms with E-state index in [0.717, 1.165) is 42.6 Å². The Hall–Kier alpha value is -2.17. The van der Waals surface area contributed by atoms with Gasteiger partial charge in [0.2, 0.25) is 0 Å². The zero-order valence-electron chi connectivity index (χ0n) is 10.8. The van der Waals surface area contributed by atoms with E-state index >= 15 is 0 Å². The molecule has 0 spiro atoms. The average molecular weight is 257 g/mol. The Labute approximate surface area is 111 Å². The first-order chi connectivity index (χ1) is 9.24. The van der Waals surface area contributed by atoms with E-state index in [1.807, 2.05) is 19.1 Å². The number of hydrogen-bond donors (Lipinski definition) is 1. The highest BCUT2D eigenvalue weighted by Crippen LogP contribution is 2.24. The highest BCUT2D eigenvalue weighted by Gasteiger charge is 2.24. The molecule has 0 saturated carbocycles. The summed E-state index contributed by atoms with van der Waals surface area (Å²) in [5, 5.41) is 6.66. The first kappa shape index (κ1) is 11.9. The van der Waals surface area contributed by atoms with Gasteiger partial charge in [-0.1, -0.05) is 5.16 Å². The van der Waals surface area contributed by atoms with Crippen LogP contribution in [0.4, 0.5) is 5.82 Å². The molecule has 0 radical (unpaired) electrons. The van der Waals surface area contributed by atoms with E-state index < -0.39 is 0 Å². The summed E-state index contributed by atoms with van der Waals surface area (Å²) in [6.07, 6.45) is 5.59. The van der Waals surface area contributed by atoms with Crippen LogP contribution in [0, 0.1) is 6.92 Å². The van der Waals surface area contributed by atoms with Gasteiger partial charge in [-0.2, -0.15) is 0 Å². The Morgan fingerprint density at radius 1 is 1.37 bits per heavy atom. The molecule has 2 aromatic rings. The minimum atomic E-state index is -0.245. The highest BCUT2D eigenvalue weighted by atomic mass is 16.5. The highest BCUT2D eigenvalue weighted by molar-refractivity contribution is 6.03. The van der Waals surface area contributed by atoms with Crippen LogP contribution in [0.25, 0.3) is 0 Å². The third-order valence-corrected chi connectivity index (χ3v) is 3.32. The van der Waals surface area contributed by atoms with Crippen LogP contribution in [0.2, 0.25) is 0 Å². The van der Waals surface area contributed by atoms with Crippen molar-refractivity contribution in [2.75, 3.05) is 5.32 Å². The number of anilines is 1. The number of carbonyl (C=O) groups excluding carboxylic acids is 1. The van der Waals surface area contributed by atoms with Crippen LogP contribution < -0.4 is 5.32 Å². The van der Waals surface area contributed by atoms with Gasteiger partial charge in [-0.05, 0) is 43.9 Å². The van der Waals surface area contributed by atoms with E-state index in [4.69, 9.17) is 4.52 Å². The van der Waals surface area contributed by atoms with Crippen molar-refractivity contribution in [1.82, 2.24) is 10.1 Å². The summed E-state index contributed by atoms with van der Waals surface area (Å²) in [6.45, 7) is 1.95. The topological polar surface area (TPSA) is 68.0 Å². The Morgan fingerprint density at radius 3 is 3.05 bits per heavy atom. The first-order valence-corrected chi connectivity index (χ1v) is 6.45. The molecule has 1 aliphatic carbocycles. The lowest BCUT2D eigenvalue weighted by molar-refractivity contribution is 0.101. The molecule has 0 aromatic carbocycles. The van der Waals surface area contributed by atoms with Crippen molar-refractivity contribution in [3.8, 4) is 0 Å². The molecule has 98 valence electrons. The molecule has 0 aliphatic heterocycles. The Morgan fingerprint density at radius 2 is 2.21 bits per heavy atom. The standard InChI is InChI=1S/C14H15N3O2/c1-9-6-7-15-12(8-9)16-14(18)13-10-4-2-3-5-11(10)19-17-13/h6-8H,2-5H2,1H3,(H,15,16,18). The van der Waals surface area contributed by atoms with Gasteiger partial charge in [0.25, 0.3) is 5.91 Å². The Kier molecular flexibility index (Phi) is 3.03. The van der Waals surface area contributed by atoms with Crippen molar-refractivity contribution in [2.24, 2.45) is 0 Å². The van der Waals surface area contributed by atoms with Gasteiger partial charge in [0.1, 0.15) is 11.6 Å². The van der Waals surface area contributed by atoms with E-state index in [2.05, 4.69) is 15.5 Å². The number of rotatable bonds is 2. The van der Waals surface area contributed by atoms with E-state index in [-0.39, 0.29) is 5.91 Å². The summed E-state index contributed by atoms with van der Waals surface area (Å²) < 4.78 is 5.24. The maximum absolute atomic E-state index is 12.2. The van der Waals surface area contributed by atoms with Crippen LogP contribution in [0.1, 0.15) is 40.2 Å². The van der Waals surface area contributed by atoms with Gasteiger partial charge in [-0.15, -0.1) is 0 Å². The number of hydrogen-bond acceptors (Lipinski definition) is 4. The molecule has 2 heterocycles. The van der Waals surface area contributed by atoms with Gasteiger partial charge in [-0.25, -0.2) is 4.98 Å². The Bertz CT molecular complexity index is 619. The largest absolute Gasteiger partial charge is 0.360 e. The summed E-state index contributed by atoms with van der Waals surface area (Å²) in [5.74, 6) is 1.15. The number of nitrogens with one attached hydrogen (secondary N) is 1. The molecule has 0 saturated heterocycles. The minimum absolute atomic E-state index is 0.245. The average Bonchev–Trinajstić information content (AvgIpc) is 2.82. The third kappa shape index (κ3) is 2.36. The molecule has 1 aliphatic rings. The van der Waals surface area contributed by atoms with Crippen LogP contribution in [0.15, 0.2) is 22.9 Å². The fourth-order valence-corrected chi connectivity index (χ4v) is 2.34. The summed E-state index contributed by atoms with van der Waals surface area (Å²) in [5.41, 5.74) is 2.40. The molecule has 3 rings (SSSR count). The molecule has 2 aromatic heterocycles. The van der Waals surface area contributed by atoms with Gasteiger partial charge in [0, 0.05) is 18.2 Å². The maximum Gasteiger partial charge on any atom is 0.279 e. The second-order valence-electron chi connectivity index (χ2n) is 4.81. The van der Waals surface area contributed by atoms with E-state index in [1.54, 1.807) is 6.20 Å². The zero-order chi connectivity index (χ0) is 13.2. The Balaban J connectivity index is 1.83. The number of pyridine rings is 1. The maximum atomic E-state index is 12.2. The molecular weight excluding hydrogens is 242 g/mol. The first-order valence-electron chi connectivity index (χ1n) is 6.45. The number of amides is 1. The summed E-state index contributed by atoms with van der Waals surface area (Å²) in [6, 6.07) is 3.71. The van der Waals surface area contributed by atoms with Gasteiger partial charge in [0.15, 0.2) is 5.69 Å². The minimum Gasteiger partial charge on any atom is -0.360 e. The zero-order valence-corrected chi connectivity index (χ0v) is 10.8. The monoisotopic (exact) mass is 257 g/mol. The van der Waals surface area contributed by atoms with Crippen molar-refractivity contribution in [1.29, 1.82) is 0 Å². The van der Waals surface area contributed by atoms with Crippen LogP contribution in [-0.2, 0) is 12.8 Å². The van der Waals surface area contributed by atoms with Gasteiger partial charge >= 0.3 is 0 Å². The van der Waals surface area contributed by atoms with Crippen LogP contribution in [0.3, 0.4) is 0 Å². The van der Waals surface area contributed by atoms with Crippen molar-refractivity contribution < 1.29 is 9.32 Å². The van der Waals surface area contributed by atoms with E-state index in [1.165, 1.54) is 0 Å². The second-order valence-corrected chi connectivity index (χ2v) is 4.81. The van der Waals surface area contributed by atoms with Crippen LogP contribution in [0.5, 0.6) is 0 Å². The molecular formula is C14H15N3O2. The number of carbonyl (C=O) groups is 1. The molecule has 5 nitrogen and oxygen atoms in total. The number of aryl methyl sites for hydroxylation is 2. The summed E-state index contributed by atoms with van der Waals surface area (Å²) in [4.78, 5) is 16.3. The van der Waals surface area contributed by atoms with Gasteiger partial charge < -0.3 is 9.84 Å². The summed E-state index contributed by atoms with van der Waals surface area (Å²) >= 11 is 0. The normalized spacial score (nSPS) is 13.9. The van der Waals surface area contributed by atoms with Crippen molar-refractivity contribution >= 4 is 11.7 Å². The fraction of sp³-hybridized carbons (Fsp3) is 0.357. The SMILES string of the molecule is Cc1ccnc(NC(=O)c2noc3c2CCCC3)c1. The fourth-order valence-electron chi connectivity index (χ4n) is 2.34. The quantitative estimate of drug-likeness (QED) is 0.897. The summed E-state index contributed by atoms with van der Waals surface area (Å²) in [7, 11) is 0. The molecule has 0 bridgehead atoms. The van der Waals surface area contributed by atoms with E-state index in [0.29, 0.717) is 11.5 Å². The second kappa shape index (κ2) is 4.84. The van der Waals surface area contributed by atoms with Crippen molar-refractivity contribution in [3.63, 3.8) is 0 Å². The number of fused-ring (bicyclic) bond motifs is 1.